The molecule has 0 aromatic heterocycles. The summed E-state index contributed by atoms with van der Waals surface area (Å²) in [7, 11) is 0. The molecule has 1 aliphatic rings. The predicted molar refractivity (Wildman–Crippen MR) is 84.5 cm³/mol. The van der Waals surface area contributed by atoms with Gasteiger partial charge in [-0.25, -0.2) is 0 Å². The number of benzene rings is 1. The summed E-state index contributed by atoms with van der Waals surface area (Å²) in [6, 6.07) is 6.34. The molecule has 0 unspecified atom stereocenters. The van der Waals surface area contributed by atoms with Gasteiger partial charge >= 0.3 is 0 Å². The van der Waals surface area contributed by atoms with Crippen LogP contribution in [0.3, 0.4) is 0 Å². The average Bonchev–Trinajstić information content (AvgIpc) is 2.74. The van der Waals surface area contributed by atoms with Gasteiger partial charge in [-0.15, -0.1) is 0 Å². The molecule has 1 aliphatic heterocycles. The molecular formula is C17H26N2O2. The third kappa shape index (κ3) is 4.74. The van der Waals surface area contributed by atoms with Crippen molar-refractivity contribution in [1.29, 1.82) is 0 Å². The van der Waals surface area contributed by atoms with Crippen LogP contribution in [0.2, 0.25) is 0 Å². The van der Waals surface area contributed by atoms with E-state index >= 15 is 0 Å². The van der Waals surface area contributed by atoms with Crippen LogP contribution in [-0.4, -0.2) is 24.6 Å². The van der Waals surface area contributed by atoms with Crippen molar-refractivity contribution in [1.82, 2.24) is 10.6 Å². The summed E-state index contributed by atoms with van der Waals surface area (Å²) in [4.78, 5) is 11.5. The standard InChI is InChI=1S/C17H26N2O2/c1-4-8-19-16(20)7-9-18-12-13-5-6-15-14(10-13)11-17(2,3)21-15/h5-6,10,18H,4,7-9,11-12H2,1-3H3,(H,19,20). The third-order valence-electron chi connectivity index (χ3n) is 3.56. The molecule has 4 heteroatoms. The predicted octanol–water partition coefficient (Wildman–Crippen LogP) is 2.41. The van der Waals surface area contributed by atoms with Crippen LogP contribution in [0.4, 0.5) is 0 Å². The lowest BCUT2D eigenvalue weighted by atomic mass is 10.0. The fraction of sp³-hybridized carbons (Fsp3) is 0.588. The molecule has 0 saturated carbocycles. The first-order valence-corrected chi connectivity index (χ1v) is 7.78. The summed E-state index contributed by atoms with van der Waals surface area (Å²) >= 11 is 0. The molecule has 1 heterocycles. The Labute approximate surface area is 127 Å². The van der Waals surface area contributed by atoms with E-state index in [9.17, 15) is 4.79 Å². The lowest BCUT2D eigenvalue weighted by Crippen LogP contribution is -2.28. The summed E-state index contributed by atoms with van der Waals surface area (Å²) in [5, 5.41) is 6.20. The van der Waals surface area contributed by atoms with Crippen molar-refractivity contribution in [3.63, 3.8) is 0 Å². The molecule has 0 radical (unpaired) electrons. The van der Waals surface area contributed by atoms with E-state index in [0.717, 1.165) is 31.7 Å². The molecule has 1 aromatic carbocycles. The van der Waals surface area contributed by atoms with E-state index in [-0.39, 0.29) is 11.5 Å². The minimum absolute atomic E-state index is 0.0915. The number of hydrogen-bond donors (Lipinski definition) is 2. The van der Waals surface area contributed by atoms with E-state index in [4.69, 9.17) is 4.74 Å². The van der Waals surface area contributed by atoms with Gasteiger partial charge in [-0.05, 0) is 37.5 Å². The molecule has 0 spiro atoms. The quantitative estimate of drug-likeness (QED) is 0.758. The molecule has 0 atom stereocenters. The van der Waals surface area contributed by atoms with Crippen LogP contribution in [0.5, 0.6) is 5.75 Å². The Bertz CT molecular complexity index is 498. The lowest BCUT2D eigenvalue weighted by Gasteiger charge is -2.16. The molecule has 0 saturated heterocycles. The molecule has 1 amide bonds. The number of hydrogen-bond acceptors (Lipinski definition) is 3. The van der Waals surface area contributed by atoms with Crippen LogP contribution in [0.25, 0.3) is 0 Å². The number of nitrogens with one attached hydrogen (secondary N) is 2. The third-order valence-corrected chi connectivity index (χ3v) is 3.56. The number of amides is 1. The summed E-state index contributed by atoms with van der Waals surface area (Å²) in [6.45, 7) is 8.53. The van der Waals surface area contributed by atoms with Crippen LogP contribution in [0, 0.1) is 0 Å². The zero-order valence-electron chi connectivity index (χ0n) is 13.3. The van der Waals surface area contributed by atoms with Gasteiger partial charge in [0.1, 0.15) is 11.4 Å². The van der Waals surface area contributed by atoms with Crippen molar-refractivity contribution in [2.75, 3.05) is 13.1 Å². The Hall–Kier alpha value is -1.55. The van der Waals surface area contributed by atoms with Crippen molar-refractivity contribution < 1.29 is 9.53 Å². The first-order valence-electron chi connectivity index (χ1n) is 7.78. The summed E-state index contributed by atoms with van der Waals surface area (Å²) in [5.41, 5.74) is 2.43. The summed E-state index contributed by atoms with van der Waals surface area (Å²) < 4.78 is 5.87. The van der Waals surface area contributed by atoms with Crippen LogP contribution in [-0.2, 0) is 17.8 Å². The van der Waals surface area contributed by atoms with Gasteiger partial charge in [-0.1, -0.05) is 19.1 Å². The Balaban J connectivity index is 1.74. The highest BCUT2D eigenvalue weighted by atomic mass is 16.5. The monoisotopic (exact) mass is 290 g/mol. The second-order valence-electron chi connectivity index (χ2n) is 6.26. The molecule has 4 nitrogen and oxygen atoms in total. The lowest BCUT2D eigenvalue weighted by molar-refractivity contribution is -0.120. The zero-order chi connectivity index (χ0) is 15.3. The van der Waals surface area contributed by atoms with Crippen molar-refractivity contribution >= 4 is 5.91 Å². The highest BCUT2D eigenvalue weighted by Gasteiger charge is 2.29. The molecule has 2 rings (SSSR count). The van der Waals surface area contributed by atoms with E-state index in [1.165, 1.54) is 11.1 Å². The fourth-order valence-corrected chi connectivity index (χ4v) is 2.56. The van der Waals surface area contributed by atoms with Gasteiger partial charge in [0.15, 0.2) is 0 Å². The SMILES string of the molecule is CCCNC(=O)CCNCc1ccc2c(c1)CC(C)(C)O2. The van der Waals surface area contributed by atoms with Gasteiger partial charge in [0.2, 0.25) is 5.91 Å². The van der Waals surface area contributed by atoms with E-state index in [2.05, 4.69) is 49.6 Å². The normalized spacial score (nSPS) is 15.4. The Kier molecular flexibility index (Phi) is 5.23. The number of carbonyl (C=O) groups excluding carboxylic acids is 1. The van der Waals surface area contributed by atoms with Crippen LogP contribution < -0.4 is 15.4 Å². The molecule has 0 fully saturated rings. The number of ether oxygens (including phenoxy) is 1. The second-order valence-corrected chi connectivity index (χ2v) is 6.26. The van der Waals surface area contributed by atoms with E-state index in [0.29, 0.717) is 13.0 Å². The molecule has 0 bridgehead atoms. The molecule has 0 aliphatic carbocycles. The average molecular weight is 290 g/mol. The minimum atomic E-state index is -0.0915. The van der Waals surface area contributed by atoms with E-state index < -0.39 is 0 Å². The molecule has 116 valence electrons. The zero-order valence-corrected chi connectivity index (χ0v) is 13.3. The number of rotatable bonds is 7. The van der Waals surface area contributed by atoms with E-state index in [1.807, 2.05) is 0 Å². The smallest absolute Gasteiger partial charge is 0.221 e. The van der Waals surface area contributed by atoms with Gasteiger partial charge in [0.25, 0.3) is 0 Å². The molecule has 21 heavy (non-hydrogen) atoms. The van der Waals surface area contributed by atoms with Gasteiger partial charge in [-0.3, -0.25) is 4.79 Å². The largest absolute Gasteiger partial charge is 0.487 e. The van der Waals surface area contributed by atoms with Crippen LogP contribution in [0.15, 0.2) is 18.2 Å². The molecule has 2 N–H and O–H groups in total. The summed E-state index contributed by atoms with van der Waals surface area (Å²) in [5.74, 6) is 1.12. The Morgan fingerprint density at radius 1 is 1.33 bits per heavy atom. The molecular weight excluding hydrogens is 264 g/mol. The highest BCUT2D eigenvalue weighted by molar-refractivity contribution is 5.75. The maximum absolute atomic E-state index is 11.5. The van der Waals surface area contributed by atoms with Crippen LogP contribution in [0.1, 0.15) is 44.7 Å². The first kappa shape index (κ1) is 15.8. The van der Waals surface area contributed by atoms with Gasteiger partial charge in [0, 0.05) is 32.5 Å². The van der Waals surface area contributed by atoms with E-state index in [1.54, 1.807) is 0 Å². The molecule has 1 aromatic rings. The minimum Gasteiger partial charge on any atom is -0.487 e. The Morgan fingerprint density at radius 2 is 2.14 bits per heavy atom. The number of carbonyl (C=O) groups is 1. The maximum Gasteiger partial charge on any atom is 0.221 e. The van der Waals surface area contributed by atoms with Crippen LogP contribution >= 0.6 is 0 Å². The van der Waals surface area contributed by atoms with Crippen molar-refractivity contribution in [3.8, 4) is 5.75 Å². The summed E-state index contributed by atoms with van der Waals surface area (Å²) in [6.07, 6.45) is 2.46. The van der Waals surface area contributed by atoms with Gasteiger partial charge in [0.05, 0.1) is 0 Å². The number of fused-ring (bicyclic) bond motifs is 1. The topological polar surface area (TPSA) is 50.4 Å². The van der Waals surface area contributed by atoms with Gasteiger partial charge in [-0.2, -0.15) is 0 Å². The van der Waals surface area contributed by atoms with Gasteiger partial charge < -0.3 is 15.4 Å². The second kappa shape index (κ2) is 6.94. The van der Waals surface area contributed by atoms with Crippen molar-refractivity contribution in [2.24, 2.45) is 0 Å². The first-order chi connectivity index (χ1) is 10.00. The van der Waals surface area contributed by atoms with Crippen molar-refractivity contribution in [2.45, 2.75) is 52.2 Å². The fourth-order valence-electron chi connectivity index (χ4n) is 2.56. The van der Waals surface area contributed by atoms with Crippen molar-refractivity contribution in [3.05, 3.63) is 29.3 Å². The highest BCUT2D eigenvalue weighted by Crippen LogP contribution is 2.35. The maximum atomic E-state index is 11.5. The Morgan fingerprint density at radius 3 is 2.90 bits per heavy atom.